The normalized spacial score (nSPS) is 10.8. The molecule has 0 bridgehead atoms. The van der Waals surface area contributed by atoms with Gasteiger partial charge in [0.25, 0.3) is 11.5 Å². The van der Waals surface area contributed by atoms with Gasteiger partial charge < -0.3 is 10.1 Å². The van der Waals surface area contributed by atoms with Crippen LogP contribution in [0.25, 0.3) is 15.5 Å². The monoisotopic (exact) mass is 426 g/mol. The summed E-state index contributed by atoms with van der Waals surface area (Å²) in [4.78, 5) is 29.7. The van der Waals surface area contributed by atoms with E-state index < -0.39 is 0 Å². The van der Waals surface area contributed by atoms with Gasteiger partial charge in [0.1, 0.15) is 10.8 Å². The minimum absolute atomic E-state index is 0.117. The molecule has 1 amide bonds. The van der Waals surface area contributed by atoms with E-state index in [0.29, 0.717) is 32.0 Å². The summed E-state index contributed by atoms with van der Waals surface area (Å²) >= 11 is 7.31. The number of nitrogens with zero attached hydrogens (tertiary/aromatic N) is 3. The molecule has 4 rings (SSSR count). The van der Waals surface area contributed by atoms with Crippen molar-refractivity contribution in [2.24, 2.45) is 0 Å². The number of methoxy groups -OCH3 is 1. The van der Waals surface area contributed by atoms with E-state index in [0.717, 1.165) is 5.56 Å². The predicted molar refractivity (Wildman–Crippen MR) is 112 cm³/mol. The van der Waals surface area contributed by atoms with Gasteiger partial charge >= 0.3 is 0 Å². The van der Waals surface area contributed by atoms with E-state index in [1.165, 1.54) is 29.0 Å². The van der Waals surface area contributed by atoms with Crippen molar-refractivity contribution in [1.82, 2.24) is 19.9 Å². The third-order valence-corrected chi connectivity index (χ3v) is 5.32. The number of hydrogen-bond donors (Lipinski definition) is 1. The Bertz CT molecular complexity index is 1270. The molecule has 0 aliphatic rings. The maximum atomic E-state index is 12.4. The Hall–Kier alpha value is -3.23. The smallest absolute Gasteiger partial charge is 0.275 e. The second kappa shape index (κ2) is 8.02. The molecule has 1 N–H and O–H groups in total. The van der Waals surface area contributed by atoms with Gasteiger partial charge in [-0.3, -0.25) is 9.59 Å². The van der Waals surface area contributed by atoms with Crippen LogP contribution in [0.4, 0.5) is 0 Å². The highest BCUT2D eigenvalue weighted by molar-refractivity contribution is 7.19. The summed E-state index contributed by atoms with van der Waals surface area (Å²) in [6.07, 6.45) is 0. The Morgan fingerprint density at radius 3 is 2.83 bits per heavy atom. The van der Waals surface area contributed by atoms with Crippen LogP contribution in [0, 0.1) is 0 Å². The number of amides is 1. The molecule has 0 atom stereocenters. The Morgan fingerprint density at radius 2 is 2.03 bits per heavy atom. The molecule has 7 nitrogen and oxygen atoms in total. The third kappa shape index (κ3) is 4.13. The average Bonchev–Trinajstić information content (AvgIpc) is 3.17. The first-order valence-electron chi connectivity index (χ1n) is 8.61. The molecule has 29 heavy (non-hydrogen) atoms. The van der Waals surface area contributed by atoms with Gasteiger partial charge in [-0.15, -0.1) is 0 Å². The number of rotatable bonds is 5. The van der Waals surface area contributed by atoms with E-state index in [9.17, 15) is 9.59 Å². The predicted octanol–water partition coefficient (Wildman–Crippen LogP) is 3.41. The molecule has 146 valence electrons. The fourth-order valence-corrected chi connectivity index (χ4v) is 3.83. The van der Waals surface area contributed by atoms with Crippen molar-refractivity contribution in [1.29, 1.82) is 0 Å². The van der Waals surface area contributed by atoms with Gasteiger partial charge in [0, 0.05) is 22.2 Å². The van der Waals surface area contributed by atoms with Crippen molar-refractivity contribution in [3.8, 4) is 16.3 Å². The second-order valence-electron chi connectivity index (χ2n) is 6.11. The van der Waals surface area contributed by atoms with E-state index in [2.05, 4.69) is 15.4 Å². The van der Waals surface area contributed by atoms with Gasteiger partial charge in [0.15, 0.2) is 0 Å². The Labute approximate surface area is 174 Å². The molecule has 0 radical (unpaired) electrons. The number of carbonyl (C=O) groups is 1. The van der Waals surface area contributed by atoms with Gasteiger partial charge in [-0.05, 0) is 30.3 Å². The summed E-state index contributed by atoms with van der Waals surface area (Å²) < 4.78 is 6.37. The van der Waals surface area contributed by atoms with Crippen LogP contribution in [0.15, 0.2) is 59.4 Å². The average molecular weight is 427 g/mol. The van der Waals surface area contributed by atoms with Crippen molar-refractivity contribution in [2.75, 3.05) is 7.11 Å². The van der Waals surface area contributed by atoms with Gasteiger partial charge in [0.2, 0.25) is 4.96 Å². The standard InChI is InChI=1S/C20H15ClN4O3S/c1-28-16-7-3-4-12(9-16)18(27)22-11-15-10-17(26)25-20(23-15)29-19(24-25)13-5-2-6-14(21)8-13/h2-10H,11H2,1H3,(H,22,27). The number of nitrogens with one attached hydrogen (secondary N) is 1. The van der Waals surface area contributed by atoms with Crippen LogP contribution in [-0.4, -0.2) is 27.6 Å². The van der Waals surface area contributed by atoms with E-state index in [1.807, 2.05) is 12.1 Å². The van der Waals surface area contributed by atoms with E-state index in [4.69, 9.17) is 16.3 Å². The first-order chi connectivity index (χ1) is 14.0. The largest absolute Gasteiger partial charge is 0.497 e. The Morgan fingerprint density at radius 1 is 1.21 bits per heavy atom. The molecule has 9 heteroatoms. The van der Waals surface area contributed by atoms with Crippen LogP contribution in [0.2, 0.25) is 5.02 Å². The third-order valence-electron chi connectivity index (χ3n) is 4.13. The SMILES string of the molecule is COc1cccc(C(=O)NCc2cc(=O)n3nc(-c4cccc(Cl)c4)sc3n2)c1. The summed E-state index contributed by atoms with van der Waals surface area (Å²) in [5, 5.41) is 8.31. The van der Waals surface area contributed by atoms with Gasteiger partial charge in [0.05, 0.1) is 19.3 Å². The van der Waals surface area contributed by atoms with Crippen molar-refractivity contribution in [3.05, 3.63) is 81.2 Å². The topological polar surface area (TPSA) is 85.6 Å². The molecule has 2 heterocycles. The van der Waals surface area contributed by atoms with Crippen LogP contribution < -0.4 is 15.6 Å². The van der Waals surface area contributed by atoms with E-state index in [-0.39, 0.29) is 18.0 Å². The lowest BCUT2D eigenvalue weighted by molar-refractivity contribution is 0.0950. The lowest BCUT2D eigenvalue weighted by atomic mass is 10.2. The Balaban J connectivity index is 1.57. The zero-order valence-electron chi connectivity index (χ0n) is 15.3. The van der Waals surface area contributed by atoms with Crippen molar-refractivity contribution in [2.45, 2.75) is 6.54 Å². The maximum absolute atomic E-state index is 12.4. The molecule has 4 aromatic rings. The van der Waals surface area contributed by atoms with E-state index in [1.54, 1.807) is 36.4 Å². The molecule has 0 aliphatic heterocycles. The zero-order valence-corrected chi connectivity index (χ0v) is 16.8. The summed E-state index contributed by atoms with van der Waals surface area (Å²) in [6.45, 7) is 0.117. The maximum Gasteiger partial charge on any atom is 0.275 e. The van der Waals surface area contributed by atoms with Crippen molar-refractivity contribution in [3.63, 3.8) is 0 Å². The molecular formula is C20H15ClN4O3S. The van der Waals surface area contributed by atoms with Crippen molar-refractivity contribution < 1.29 is 9.53 Å². The lowest BCUT2D eigenvalue weighted by Gasteiger charge is -2.06. The minimum atomic E-state index is -0.315. The highest BCUT2D eigenvalue weighted by Gasteiger charge is 2.12. The molecule has 2 aromatic heterocycles. The minimum Gasteiger partial charge on any atom is -0.497 e. The van der Waals surface area contributed by atoms with Gasteiger partial charge in [-0.2, -0.15) is 9.61 Å². The zero-order chi connectivity index (χ0) is 20.4. The molecule has 0 spiro atoms. The first-order valence-corrected chi connectivity index (χ1v) is 9.81. The number of fused-ring (bicyclic) bond motifs is 1. The summed E-state index contributed by atoms with van der Waals surface area (Å²) in [5.41, 5.74) is 1.40. The number of carbonyl (C=O) groups excluding carboxylic acids is 1. The van der Waals surface area contributed by atoms with Gasteiger partial charge in [-0.25, -0.2) is 4.98 Å². The quantitative estimate of drug-likeness (QED) is 0.528. The molecule has 0 unspecified atom stereocenters. The van der Waals surface area contributed by atoms with Crippen molar-refractivity contribution >= 4 is 33.8 Å². The fraction of sp³-hybridized carbons (Fsp3) is 0.100. The lowest BCUT2D eigenvalue weighted by Crippen LogP contribution is -2.25. The first kappa shape index (κ1) is 19.1. The van der Waals surface area contributed by atoms with E-state index >= 15 is 0 Å². The summed E-state index contributed by atoms with van der Waals surface area (Å²) in [5.74, 6) is 0.309. The molecule has 0 aliphatic carbocycles. The summed E-state index contributed by atoms with van der Waals surface area (Å²) in [6, 6.07) is 15.4. The second-order valence-corrected chi connectivity index (χ2v) is 7.50. The van der Waals surface area contributed by atoms with Gasteiger partial charge in [-0.1, -0.05) is 41.1 Å². The van der Waals surface area contributed by atoms with Crippen LogP contribution in [0.3, 0.4) is 0 Å². The number of halogens is 1. The Kier molecular flexibility index (Phi) is 5.28. The highest BCUT2D eigenvalue weighted by Crippen LogP contribution is 2.26. The molecule has 2 aromatic carbocycles. The van der Waals surface area contributed by atoms with Crippen LogP contribution >= 0.6 is 22.9 Å². The van der Waals surface area contributed by atoms with Crippen LogP contribution in [-0.2, 0) is 6.54 Å². The highest BCUT2D eigenvalue weighted by atomic mass is 35.5. The molecule has 0 fully saturated rings. The van der Waals surface area contributed by atoms with Crippen LogP contribution in [0.1, 0.15) is 16.1 Å². The van der Waals surface area contributed by atoms with Crippen LogP contribution in [0.5, 0.6) is 5.75 Å². The number of benzene rings is 2. The molecule has 0 saturated carbocycles. The fourth-order valence-electron chi connectivity index (χ4n) is 2.72. The molecule has 0 saturated heterocycles. The molecular weight excluding hydrogens is 412 g/mol. The summed E-state index contributed by atoms with van der Waals surface area (Å²) in [7, 11) is 1.54. The number of hydrogen-bond acceptors (Lipinski definition) is 6. The number of aromatic nitrogens is 3. The number of ether oxygens (including phenoxy) is 1.